The minimum absolute atomic E-state index is 0.0171. The van der Waals surface area contributed by atoms with Gasteiger partial charge in [-0.3, -0.25) is 14.9 Å². The second kappa shape index (κ2) is 6.53. The third-order valence-electron chi connectivity index (χ3n) is 2.65. The van der Waals surface area contributed by atoms with Crippen LogP contribution >= 0.6 is 11.6 Å². The molecule has 0 aromatic heterocycles. The van der Waals surface area contributed by atoms with Crippen LogP contribution in [0.15, 0.2) is 18.2 Å². The first kappa shape index (κ1) is 16.2. The number of nitrogens with zero attached hydrogens (tertiary/aromatic N) is 1. The SMILES string of the molecule is COC(=O)C(C)(N)CCOc1cc(Cl)ccc1[N+](=O)[O-]. The Morgan fingerprint density at radius 3 is 2.75 bits per heavy atom. The van der Waals surface area contributed by atoms with Crippen molar-refractivity contribution in [1.82, 2.24) is 0 Å². The molecule has 0 heterocycles. The van der Waals surface area contributed by atoms with Gasteiger partial charge in [0.15, 0.2) is 5.75 Å². The fourth-order valence-electron chi connectivity index (χ4n) is 1.46. The molecule has 1 unspecified atom stereocenters. The van der Waals surface area contributed by atoms with Crippen LogP contribution in [0.1, 0.15) is 13.3 Å². The Hall–Kier alpha value is -1.86. The lowest BCUT2D eigenvalue weighted by Gasteiger charge is -2.21. The number of methoxy groups -OCH3 is 1. The van der Waals surface area contributed by atoms with Gasteiger partial charge >= 0.3 is 11.7 Å². The molecule has 0 saturated heterocycles. The topological polar surface area (TPSA) is 105 Å². The molecule has 0 spiro atoms. The molecule has 0 amide bonds. The van der Waals surface area contributed by atoms with Crippen LogP contribution < -0.4 is 10.5 Å². The summed E-state index contributed by atoms with van der Waals surface area (Å²) in [5, 5.41) is 11.1. The molecule has 0 aliphatic carbocycles. The van der Waals surface area contributed by atoms with E-state index in [1.165, 1.54) is 32.2 Å². The van der Waals surface area contributed by atoms with E-state index in [-0.39, 0.29) is 24.5 Å². The van der Waals surface area contributed by atoms with Crippen LogP contribution in [0.4, 0.5) is 5.69 Å². The summed E-state index contributed by atoms with van der Waals surface area (Å²) in [6, 6.07) is 3.99. The number of rotatable bonds is 6. The average Bonchev–Trinajstić information content (AvgIpc) is 2.37. The Balaban J connectivity index is 2.73. The van der Waals surface area contributed by atoms with Crippen LogP contribution in [0, 0.1) is 10.1 Å². The molecule has 1 aromatic carbocycles. The molecule has 0 aliphatic rings. The van der Waals surface area contributed by atoms with Crippen LogP contribution in [0.3, 0.4) is 0 Å². The highest BCUT2D eigenvalue weighted by Crippen LogP contribution is 2.30. The standard InChI is InChI=1S/C12H15ClN2O5/c1-12(14,11(16)19-2)5-6-20-10-7-8(13)3-4-9(10)15(17)18/h3-4,7H,5-6,14H2,1-2H3. The molecule has 110 valence electrons. The Bertz CT molecular complexity index is 519. The van der Waals surface area contributed by atoms with Crippen LogP contribution in [0.5, 0.6) is 5.75 Å². The summed E-state index contributed by atoms with van der Waals surface area (Å²) in [5.74, 6) is -0.551. The van der Waals surface area contributed by atoms with Crippen molar-refractivity contribution in [1.29, 1.82) is 0 Å². The number of halogens is 1. The van der Waals surface area contributed by atoms with E-state index in [0.717, 1.165) is 0 Å². The largest absolute Gasteiger partial charge is 0.487 e. The van der Waals surface area contributed by atoms with Gasteiger partial charge in [-0.05, 0) is 13.0 Å². The van der Waals surface area contributed by atoms with Crippen molar-refractivity contribution in [2.45, 2.75) is 18.9 Å². The Labute approximate surface area is 120 Å². The molecule has 0 saturated carbocycles. The maximum atomic E-state index is 11.4. The van der Waals surface area contributed by atoms with Gasteiger partial charge in [-0.1, -0.05) is 11.6 Å². The first-order valence-electron chi connectivity index (χ1n) is 5.72. The molecule has 1 atom stereocenters. The zero-order chi connectivity index (χ0) is 15.3. The summed E-state index contributed by atoms with van der Waals surface area (Å²) in [5.41, 5.74) is 4.33. The van der Waals surface area contributed by atoms with E-state index in [0.29, 0.717) is 5.02 Å². The number of carbonyl (C=O) groups is 1. The van der Waals surface area contributed by atoms with Crippen molar-refractivity contribution in [3.05, 3.63) is 33.3 Å². The van der Waals surface area contributed by atoms with Gasteiger partial charge in [0.05, 0.1) is 18.6 Å². The van der Waals surface area contributed by atoms with Gasteiger partial charge in [0.2, 0.25) is 0 Å². The molecule has 0 bridgehead atoms. The summed E-state index contributed by atoms with van der Waals surface area (Å²) in [6.07, 6.45) is 0.142. The van der Waals surface area contributed by atoms with Crippen molar-refractivity contribution in [3.8, 4) is 5.75 Å². The molecule has 0 aliphatic heterocycles. The van der Waals surface area contributed by atoms with E-state index in [9.17, 15) is 14.9 Å². The van der Waals surface area contributed by atoms with E-state index in [2.05, 4.69) is 4.74 Å². The van der Waals surface area contributed by atoms with Gasteiger partial charge < -0.3 is 15.2 Å². The molecular weight excluding hydrogens is 288 g/mol. The van der Waals surface area contributed by atoms with Crippen LogP contribution in [0.2, 0.25) is 5.02 Å². The number of esters is 1. The summed E-state index contributed by atoms with van der Waals surface area (Å²) in [6.45, 7) is 1.51. The highest BCUT2D eigenvalue weighted by Gasteiger charge is 2.29. The third kappa shape index (κ3) is 4.07. The zero-order valence-corrected chi connectivity index (χ0v) is 11.8. The average molecular weight is 303 g/mol. The van der Waals surface area contributed by atoms with Gasteiger partial charge in [0.25, 0.3) is 0 Å². The number of hydrogen-bond donors (Lipinski definition) is 1. The number of ether oxygens (including phenoxy) is 2. The molecule has 1 rings (SSSR count). The van der Waals surface area contributed by atoms with Crippen molar-refractivity contribution in [2.75, 3.05) is 13.7 Å². The fraction of sp³-hybridized carbons (Fsp3) is 0.417. The first-order valence-corrected chi connectivity index (χ1v) is 6.10. The predicted octanol–water partition coefficient (Wildman–Crippen LogP) is 1.91. The Kier molecular flexibility index (Phi) is 5.29. The minimum atomic E-state index is -1.22. The molecule has 1 aromatic rings. The number of nitro groups is 1. The summed E-state index contributed by atoms with van der Waals surface area (Å²) < 4.78 is 9.85. The molecule has 7 nitrogen and oxygen atoms in total. The van der Waals surface area contributed by atoms with Crippen molar-refractivity contribution in [2.24, 2.45) is 5.73 Å². The maximum absolute atomic E-state index is 11.4. The third-order valence-corrected chi connectivity index (χ3v) is 2.88. The molecule has 2 N–H and O–H groups in total. The van der Waals surface area contributed by atoms with Crippen LogP contribution in [-0.4, -0.2) is 30.1 Å². The number of nitro benzene ring substituents is 1. The van der Waals surface area contributed by atoms with Gasteiger partial charge in [0.1, 0.15) is 5.54 Å². The Morgan fingerprint density at radius 1 is 1.55 bits per heavy atom. The van der Waals surface area contributed by atoms with Gasteiger partial charge in [-0.25, -0.2) is 0 Å². The van der Waals surface area contributed by atoms with Gasteiger partial charge in [-0.15, -0.1) is 0 Å². The van der Waals surface area contributed by atoms with Crippen LogP contribution in [0.25, 0.3) is 0 Å². The number of nitrogens with two attached hydrogens (primary N) is 1. The second-order valence-electron chi connectivity index (χ2n) is 4.38. The number of carbonyl (C=O) groups excluding carboxylic acids is 1. The van der Waals surface area contributed by atoms with Crippen molar-refractivity contribution < 1.29 is 19.2 Å². The summed E-state index contributed by atoms with van der Waals surface area (Å²) in [4.78, 5) is 21.6. The summed E-state index contributed by atoms with van der Waals surface area (Å²) >= 11 is 5.76. The quantitative estimate of drug-likeness (QED) is 0.489. The molecular formula is C12H15ClN2O5. The first-order chi connectivity index (χ1) is 9.27. The number of benzene rings is 1. The van der Waals surface area contributed by atoms with Crippen molar-refractivity contribution in [3.63, 3.8) is 0 Å². The molecule has 8 heteroatoms. The lowest BCUT2D eigenvalue weighted by Crippen LogP contribution is -2.46. The van der Waals surface area contributed by atoms with Gasteiger partial charge in [0, 0.05) is 23.6 Å². The van der Waals surface area contributed by atoms with E-state index in [1.807, 2.05) is 0 Å². The predicted molar refractivity (Wildman–Crippen MR) is 72.8 cm³/mol. The minimum Gasteiger partial charge on any atom is -0.487 e. The van der Waals surface area contributed by atoms with E-state index < -0.39 is 16.4 Å². The number of hydrogen-bond acceptors (Lipinski definition) is 6. The van der Waals surface area contributed by atoms with Crippen LogP contribution in [-0.2, 0) is 9.53 Å². The van der Waals surface area contributed by atoms with E-state index in [4.69, 9.17) is 22.1 Å². The monoisotopic (exact) mass is 302 g/mol. The second-order valence-corrected chi connectivity index (χ2v) is 4.81. The Morgan fingerprint density at radius 2 is 2.20 bits per heavy atom. The molecule has 0 fully saturated rings. The van der Waals surface area contributed by atoms with Crippen molar-refractivity contribution >= 4 is 23.3 Å². The van der Waals surface area contributed by atoms with E-state index in [1.54, 1.807) is 0 Å². The zero-order valence-electron chi connectivity index (χ0n) is 11.1. The molecule has 0 radical (unpaired) electrons. The summed E-state index contributed by atoms with van der Waals surface area (Å²) in [7, 11) is 1.23. The molecule has 20 heavy (non-hydrogen) atoms. The van der Waals surface area contributed by atoms with E-state index >= 15 is 0 Å². The highest BCUT2D eigenvalue weighted by atomic mass is 35.5. The maximum Gasteiger partial charge on any atom is 0.325 e. The normalized spacial score (nSPS) is 13.4. The van der Waals surface area contributed by atoms with Gasteiger partial charge in [-0.2, -0.15) is 0 Å². The smallest absolute Gasteiger partial charge is 0.325 e. The lowest BCUT2D eigenvalue weighted by molar-refractivity contribution is -0.385. The fourth-order valence-corrected chi connectivity index (χ4v) is 1.62. The highest BCUT2D eigenvalue weighted by molar-refractivity contribution is 6.30. The lowest BCUT2D eigenvalue weighted by atomic mass is 10.0.